The van der Waals surface area contributed by atoms with Crippen LogP contribution in [0.2, 0.25) is 0 Å². The highest BCUT2D eigenvalue weighted by atomic mass is 16.5. The second-order valence-corrected chi connectivity index (χ2v) is 5.59. The molecule has 2 aromatic carbocycles. The molecule has 0 atom stereocenters. The van der Waals surface area contributed by atoms with Gasteiger partial charge < -0.3 is 19.7 Å². The minimum Gasteiger partial charge on any atom is -0.493 e. The van der Waals surface area contributed by atoms with Crippen LogP contribution in [-0.2, 0) is 6.54 Å². The molecule has 0 aliphatic carbocycles. The van der Waals surface area contributed by atoms with Crippen LogP contribution in [0.4, 0.5) is 5.69 Å². The maximum atomic E-state index is 12.3. The fourth-order valence-electron chi connectivity index (χ4n) is 2.69. The second-order valence-electron chi connectivity index (χ2n) is 5.59. The molecule has 2 rings (SSSR count). The van der Waals surface area contributed by atoms with E-state index in [0.29, 0.717) is 23.6 Å². The topological polar surface area (TPSA) is 50.8 Å². The molecule has 0 heterocycles. The van der Waals surface area contributed by atoms with Gasteiger partial charge in [0.2, 0.25) is 0 Å². The van der Waals surface area contributed by atoms with Gasteiger partial charge in [-0.1, -0.05) is 6.07 Å². The van der Waals surface area contributed by atoms with Crippen molar-refractivity contribution in [1.29, 1.82) is 0 Å². The number of nitrogens with one attached hydrogen (secondary N) is 1. The van der Waals surface area contributed by atoms with Crippen LogP contribution in [0.3, 0.4) is 0 Å². The van der Waals surface area contributed by atoms with Crippen molar-refractivity contribution in [3.8, 4) is 11.5 Å². The molecule has 1 amide bonds. The normalized spacial score (nSPS) is 10.2. The Labute approximate surface area is 149 Å². The lowest BCUT2D eigenvalue weighted by Crippen LogP contribution is -2.24. The van der Waals surface area contributed by atoms with Gasteiger partial charge in [0.1, 0.15) is 0 Å². The molecule has 1 N–H and O–H groups in total. The Kier molecular flexibility index (Phi) is 6.69. The predicted octanol–water partition coefficient (Wildman–Crippen LogP) is 3.48. The summed E-state index contributed by atoms with van der Waals surface area (Å²) >= 11 is 0. The molecule has 25 heavy (non-hydrogen) atoms. The van der Waals surface area contributed by atoms with Crippen molar-refractivity contribution in [2.75, 3.05) is 32.2 Å². The number of rotatable bonds is 8. The highest BCUT2D eigenvalue weighted by Gasteiger charge is 2.09. The second kappa shape index (κ2) is 8.97. The summed E-state index contributed by atoms with van der Waals surface area (Å²) in [4.78, 5) is 14.6. The van der Waals surface area contributed by atoms with Gasteiger partial charge in [-0.3, -0.25) is 4.79 Å². The zero-order chi connectivity index (χ0) is 18.2. The molecule has 134 valence electrons. The van der Waals surface area contributed by atoms with E-state index in [0.717, 1.165) is 24.3 Å². The summed E-state index contributed by atoms with van der Waals surface area (Å²) in [6.07, 6.45) is 0. The number of amides is 1. The van der Waals surface area contributed by atoms with E-state index in [4.69, 9.17) is 9.47 Å². The molecule has 5 nitrogen and oxygen atoms in total. The standard InChI is InChI=1S/C20H26N2O3/c1-5-22(6-2)17-10-8-16(9-11-17)20(23)21-14-15-7-12-18(24-3)19(13-15)25-4/h7-13H,5-6,14H2,1-4H3,(H,21,23). The van der Waals surface area contributed by atoms with Gasteiger partial charge in [-0.25, -0.2) is 0 Å². The molecule has 2 aromatic rings. The number of benzene rings is 2. The van der Waals surface area contributed by atoms with Crippen LogP contribution < -0.4 is 19.7 Å². The van der Waals surface area contributed by atoms with Crippen LogP contribution in [0.15, 0.2) is 42.5 Å². The smallest absolute Gasteiger partial charge is 0.251 e. The molecule has 0 aliphatic rings. The Balaban J connectivity index is 2.00. The lowest BCUT2D eigenvalue weighted by molar-refractivity contribution is 0.0951. The number of nitrogens with zero attached hydrogens (tertiary/aromatic N) is 1. The van der Waals surface area contributed by atoms with Crippen LogP contribution in [-0.4, -0.2) is 33.2 Å². The van der Waals surface area contributed by atoms with E-state index in [1.54, 1.807) is 14.2 Å². The largest absolute Gasteiger partial charge is 0.493 e. The lowest BCUT2D eigenvalue weighted by atomic mass is 10.1. The van der Waals surface area contributed by atoms with Crippen LogP contribution in [0, 0.1) is 0 Å². The molecule has 0 saturated heterocycles. The van der Waals surface area contributed by atoms with Crippen LogP contribution >= 0.6 is 0 Å². The van der Waals surface area contributed by atoms with E-state index >= 15 is 0 Å². The Hall–Kier alpha value is -2.69. The van der Waals surface area contributed by atoms with E-state index in [1.807, 2.05) is 42.5 Å². The summed E-state index contributed by atoms with van der Waals surface area (Å²) in [6.45, 7) is 6.56. The fraction of sp³-hybridized carbons (Fsp3) is 0.350. The van der Waals surface area contributed by atoms with Gasteiger partial charge in [-0.05, 0) is 55.8 Å². The fourth-order valence-corrected chi connectivity index (χ4v) is 2.69. The van der Waals surface area contributed by atoms with Crippen molar-refractivity contribution in [3.63, 3.8) is 0 Å². The van der Waals surface area contributed by atoms with Crippen molar-refractivity contribution < 1.29 is 14.3 Å². The van der Waals surface area contributed by atoms with Crippen LogP contribution in [0.1, 0.15) is 29.8 Å². The number of carbonyl (C=O) groups is 1. The first-order chi connectivity index (χ1) is 12.1. The molecule has 5 heteroatoms. The molecular weight excluding hydrogens is 316 g/mol. The summed E-state index contributed by atoms with van der Waals surface area (Å²) in [6, 6.07) is 13.3. The van der Waals surface area contributed by atoms with Gasteiger partial charge in [0.05, 0.1) is 14.2 Å². The third kappa shape index (κ3) is 4.66. The molecule has 0 fully saturated rings. The van der Waals surface area contributed by atoms with Gasteiger partial charge in [-0.15, -0.1) is 0 Å². The molecule has 0 bridgehead atoms. The van der Waals surface area contributed by atoms with Crippen LogP contribution in [0.5, 0.6) is 11.5 Å². The predicted molar refractivity (Wildman–Crippen MR) is 101 cm³/mol. The van der Waals surface area contributed by atoms with E-state index in [9.17, 15) is 4.79 Å². The average Bonchev–Trinajstić information content (AvgIpc) is 2.67. The first-order valence-corrected chi connectivity index (χ1v) is 8.47. The summed E-state index contributed by atoms with van der Waals surface area (Å²) in [5.41, 5.74) is 2.73. The van der Waals surface area contributed by atoms with Gasteiger partial charge in [0.25, 0.3) is 5.91 Å². The Morgan fingerprint density at radius 2 is 1.60 bits per heavy atom. The molecule has 0 aromatic heterocycles. The summed E-state index contributed by atoms with van der Waals surface area (Å²) in [7, 11) is 3.19. The third-order valence-corrected chi connectivity index (χ3v) is 4.16. The number of ether oxygens (including phenoxy) is 2. The minimum absolute atomic E-state index is 0.0964. The lowest BCUT2D eigenvalue weighted by Gasteiger charge is -2.21. The van der Waals surface area contributed by atoms with Gasteiger partial charge in [0.15, 0.2) is 11.5 Å². The molecular formula is C20H26N2O3. The van der Waals surface area contributed by atoms with E-state index in [-0.39, 0.29) is 5.91 Å². The minimum atomic E-state index is -0.0964. The summed E-state index contributed by atoms with van der Waals surface area (Å²) < 4.78 is 10.5. The van der Waals surface area contributed by atoms with E-state index < -0.39 is 0 Å². The maximum Gasteiger partial charge on any atom is 0.251 e. The van der Waals surface area contributed by atoms with Crippen molar-refractivity contribution >= 4 is 11.6 Å². The zero-order valence-corrected chi connectivity index (χ0v) is 15.3. The summed E-state index contributed by atoms with van der Waals surface area (Å²) in [5, 5.41) is 2.93. The van der Waals surface area contributed by atoms with Crippen molar-refractivity contribution in [1.82, 2.24) is 5.32 Å². The first-order valence-electron chi connectivity index (χ1n) is 8.47. The van der Waals surface area contributed by atoms with Crippen LogP contribution in [0.25, 0.3) is 0 Å². The van der Waals surface area contributed by atoms with Crippen molar-refractivity contribution in [3.05, 3.63) is 53.6 Å². The Morgan fingerprint density at radius 3 is 2.16 bits per heavy atom. The first kappa shape index (κ1) is 18.6. The number of carbonyl (C=O) groups excluding carboxylic acids is 1. The van der Waals surface area contributed by atoms with Gasteiger partial charge in [-0.2, -0.15) is 0 Å². The van der Waals surface area contributed by atoms with Crippen molar-refractivity contribution in [2.45, 2.75) is 20.4 Å². The number of anilines is 1. The monoisotopic (exact) mass is 342 g/mol. The number of hydrogen-bond acceptors (Lipinski definition) is 4. The van der Waals surface area contributed by atoms with E-state index in [2.05, 4.69) is 24.1 Å². The Bertz CT molecular complexity index is 695. The molecule has 0 saturated carbocycles. The van der Waals surface area contributed by atoms with Gasteiger partial charge in [0, 0.05) is 30.9 Å². The maximum absolute atomic E-state index is 12.3. The van der Waals surface area contributed by atoms with Gasteiger partial charge >= 0.3 is 0 Å². The van der Waals surface area contributed by atoms with E-state index in [1.165, 1.54) is 0 Å². The molecule has 0 unspecified atom stereocenters. The Morgan fingerprint density at radius 1 is 0.960 bits per heavy atom. The molecule has 0 radical (unpaired) electrons. The highest BCUT2D eigenvalue weighted by Crippen LogP contribution is 2.27. The molecule has 0 spiro atoms. The SMILES string of the molecule is CCN(CC)c1ccc(C(=O)NCc2ccc(OC)c(OC)c2)cc1. The zero-order valence-electron chi connectivity index (χ0n) is 15.3. The highest BCUT2D eigenvalue weighted by molar-refractivity contribution is 5.94. The quantitative estimate of drug-likeness (QED) is 0.798. The average molecular weight is 342 g/mol. The molecule has 0 aliphatic heterocycles. The van der Waals surface area contributed by atoms with Crippen molar-refractivity contribution in [2.24, 2.45) is 0 Å². The number of hydrogen-bond donors (Lipinski definition) is 1. The number of methoxy groups -OCH3 is 2. The third-order valence-electron chi connectivity index (χ3n) is 4.16. The summed E-state index contributed by atoms with van der Waals surface area (Å²) in [5.74, 6) is 1.23.